The van der Waals surface area contributed by atoms with Gasteiger partial charge >= 0.3 is 11.9 Å². The molecule has 0 spiro atoms. The second-order valence-electron chi connectivity index (χ2n) is 20.7. The monoisotopic (exact) mass is 1150 g/mol. The van der Waals surface area contributed by atoms with Crippen LogP contribution in [-0.4, -0.2) is 194 Å². The molecule has 22 nitrogen and oxygen atoms in total. The van der Waals surface area contributed by atoms with Crippen LogP contribution in [-0.2, 0) is 57.4 Å². The molecule has 2 saturated heterocycles. The first-order valence-corrected chi connectivity index (χ1v) is 28.6. The number of likely N-dealkylation sites (N-methyl/N-ethyl adjacent to an activating group) is 2. The van der Waals surface area contributed by atoms with Crippen LogP contribution in [0.3, 0.4) is 0 Å². The fourth-order valence-electron chi connectivity index (χ4n) is 7.08. The molecule has 2 aliphatic heterocycles. The Labute approximate surface area is 485 Å². The summed E-state index contributed by atoms with van der Waals surface area (Å²) in [6.07, 6.45) is 1.12. The van der Waals surface area contributed by atoms with E-state index in [0.29, 0.717) is 38.8 Å². The van der Waals surface area contributed by atoms with Crippen molar-refractivity contribution in [2.24, 2.45) is 29.4 Å². The predicted octanol–water partition coefficient (Wildman–Crippen LogP) is 4.89. The van der Waals surface area contributed by atoms with Crippen LogP contribution in [0.4, 0.5) is 0 Å². The van der Waals surface area contributed by atoms with Gasteiger partial charge in [0.1, 0.15) is 37.1 Å². The van der Waals surface area contributed by atoms with Gasteiger partial charge in [0.25, 0.3) is 5.91 Å². The van der Waals surface area contributed by atoms with Crippen LogP contribution in [0.15, 0.2) is 24.3 Å². The SMILES string of the molecule is CC.CC(C)C.CC(C)C.CCC.CCC[C@H](CC(=O)C(COC(=O)CN(C)C=O)NC(=O)CN(C)C(=O)C1CCCN1C(=O)C(C)O)C(O)CC(=O)OCC(=O)C(C)C(=O)NCC(=O)N1CCCC1.CN.COc1ccc(C)cc1. The number of ketones is 2. The summed E-state index contributed by atoms with van der Waals surface area (Å²) in [5.41, 5.74) is 5.76. The summed E-state index contributed by atoms with van der Waals surface area (Å²) >= 11 is 0. The van der Waals surface area contributed by atoms with E-state index in [1.54, 1.807) is 18.9 Å². The Morgan fingerprint density at radius 1 is 0.778 bits per heavy atom. The number of benzene rings is 1. The van der Waals surface area contributed by atoms with Gasteiger partial charge in [-0.2, -0.15) is 0 Å². The molecule has 2 heterocycles. The van der Waals surface area contributed by atoms with E-state index in [1.165, 1.54) is 51.9 Å². The number of nitrogens with zero attached hydrogens (tertiary/aromatic N) is 4. The molecule has 2 aliphatic rings. The molecule has 1 aromatic carbocycles. The molecule has 0 saturated carbocycles. The third-order valence-corrected chi connectivity index (χ3v) is 11.1. The molecule has 6 amide bonds. The van der Waals surface area contributed by atoms with Crippen molar-refractivity contribution in [3.63, 3.8) is 0 Å². The second kappa shape index (κ2) is 48.7. The number of aliphatic hydroxyl groups is 2. The first kappa shape index (κ1) is 81.5. The van der Waals surface area contributed by atoms with Crippen LogP contribution >= 0.6 is 0 Å². The van der Waals surface area contributed by atoms with Gasteiger partial charge in [-0.25, -0.2) is 0 Å². The number of Topliss-reactive ketones (excluding diaryl/α,β-unsaturated/α-hetero) is 2. The van der Waals surface area contributed by atoms with Gasteiger partial charge in [0.05, 0.1) is 38.6 Å². The lowest BCUT2D eigenvalue weighted by atomic mass is 9.88. The van der Waals surface area contributed by atoms with Crippen LogP contribution in [0.25, 0.3) is 0 Å². The minimum absolute atomic E-state index is 0.233. The quantitative estimate of drug-likeness (QED) is 0.0494. The maximum atomic E-state index is 13.6. The van der Waals surface area contributed by atoms with Crippen LogP contribution in [0.5, 0.6) is 5.75 Å². The summed E-state index contributed by atoms with van der Waals surface area (Å²) in [5.74, 6) is -5.79. The Hall–Kier alpha value is -6.00. The maximum absolute atomic E-state index is 13.6. The van der Waals surface area contributed by atoms with Crippen molar-refractivity contribution in [3.05, 3.63) is 29.8 Å². The maximum Gasteiger partial charge on any atom is 0.325 e. The molecule has 6 N–H and O–H groups in total. The fourth-order valence-corrected chi connectivity index (χ4v) is 7.08. The molecule has 0 radical (unpaired) electrons. The van der Waals surface area contributed by atoms with Crippen LogP contribution in [0.1, 0.15) is 153 Å². The Kier molecular flexibility index (Phi) is 49.0. The van der Waals surface area contributed by atoms with Crippen molar-refractivity contribution in [3.8, 4) is 5.75 Å². The molecule has 3 rings (SSSR count). The van der Waals surface area contributed by atoms with Crippen molar-refractivity contribution in [1.82, 2.24) is 30.2 Å². The minimum Gasteiger partial charge on any atom is -0.497 e. The molecule has 0 aromatic heterocycles. The Morgan fingerprint density at radius 3 is 1.79 bits per heavy atom. The van der Waals surface area contributed by atoms with E-state index in [9.17, 15) is 58.2 Å². The van der Waals surface area contributed by atoms with E-state index in [1.807, 2.05) is 38.1 Å². The predicted molar refractivity (Wildman–Crippen MR) is 314 cm³/mol. The average Bonchev–Trinajstić information content (AvgIpc) is 4.15. The first-order valence-electron chi connectivity index (χ1n) is 28.6. The standard InChI is InChI=1S/C37H58N6O14.C8H10O.2C4H10.C3H8.C2H6.CH5N/c1-6-10-25(28(46)16-33(51)57-21-30(48)23(2)35(53)38-17-32(50)42-12-7-8-13-42)15-29(47)26(20-56-34(52)19-40(4)22-44)39-31(49)18-41(5)37(55)27-11-9-14-43(27)36(54)24(3)45;1-7-3-5-8(9-2)6-4-7;2*1-4(2)3;1-3-2;2*1-2/h22-28,45-46H,6-21H2,1-5H3,(H,38,53)(H,39,49);3-6H,1-2H3;2*4H,1-3H3;3H2,1-2H3;1-2H3;2H2,1H3/t23?,24?,25-,26?,27?,28?;;;;;;/m1....../s1. The van der Waals surface area contributed by atoms with E-state index in [-0.39, 0.29) is 25.4 Å². The number of aliphatic hydroxyl groups excluding tert-OH is 2. The van der Waals surface area contributed by atoms with Gasteiger partial charge < -0.3 is 60.4 Å². The smallest absolute Gasteiger partial charge is 0.325 e. The number of rotatable bonds is 25. The van der Waals surface area contributed by atoms with E-state index >= 15 is 0 Å². The minimum atomic E-state index is -1.47. The van der Waals surface area contributed by atoms with Crippen molar-refractivity contribution in [2.75, 3.05) is 80.7 Å². The van der Waals surface area contributed by atoms with E-state index < -0.39 is 122 Å². The number of likely N-dealkylation sites (tertiary alicyclic amines) is 2. The Morgan fingerprint density at radius 2 is 1.31 bits per heavy atom. The lowest BCUT2D eigenvalue weighted by Gasteiger charge is -2.29. The highest BCUT2D eigenvalue weighted by Crippen LogP contribution is 2.22. The van der Waals surface area contributed by atoms with E-state index in [4.69, 9.17) is 14.2 Å². The normalized spacial score (nSPS) is 14.7. The topological polar surface area (TPSA) is 302 Å². The van der Waals surface area contributed by atoms with E-state index in [2.05, 4.69) is 78.7 Å². The van der Waals surface area contributed by atoms with Gasteiger partial charge in [-0.3, -0.25) is 47.9 Å². The Balaban J connectivity index is -0.00000103. The molecule has 81 heavy (non-hydrogen) atoms. The molecule has 0 bridgehead atoms. The second-order valence-corrected chi connectivity index (χ2v) is 20.7. The third-order valence-electron chi connectivity index (χ3n) is 11.1. The average molecular weight is 1150 g/mol. The highest BCUT2D eigenvalue weighted by atomic mass is 16.5. The van der Waals surface area contributed by atoms with Gasteiger partial charge in [0, 0.05) is 40.2 Å². The number of nitrogens with two attached hydrogens (primary N) is 1. The van der Waals surface area contributed by atoms with Gasteiger partial charge in [0.2, 0.25) is 30.0 Å². The molecule has 468 valence electrons. The molecule has 2 fully saturated rings. The summed E-state index contributed by atoms with van der Waals surface area (Å²) in [7, 11) is 5.82. The summed E-state index contributed by atoms with van der Waals surface area (Å²) in [6, 6.07) is 5.59. The first-order chi connectivity index (χ1) is 38.1. The van der Waals surface area contributed by atoms with Crippen molar-refractivity contribution < 1.29 is 72.4 Å². The van der Waals surface area contributed by atoms with Crippen LogP contribution in [0, 0.1) is 30.6 Å². The van der Waals surface area contributed by atoms with E-state index in [0.717, 1.165) is 40.2 Å². The van der Waals surface area contributed by atoms with Crippen LogP contribution < -0.4 is 21.1 Å². The number of carbonyl (C=O) groups is 10. The number of esters is 2. The third kappa shape index (κ3) is 39.1. The van der Waals surface area contributed by atoms with Gasteiger partial charge in [-0.05, 0) is 89.8 Å². The molecular weight excluding hydrogens is 1050 g/mol. The molecular formula is C59H107N7O15. The number of hydrogen-bond donors (Lipinski definition) is 5. The lowest BCUT2D eigenvalue weighted by Crippen LogP contribution is -2.52. The molecule has 0 aliphatic carbocycles. The summed E-state index contributed by atoms with van der Waals surface area (Å²) in [4.78, 5) is 130. The number of methoxy groups -OCH3 is 1. The molecule has 22 heteroatoms. The summed E-state index contributed by atoms with van der Waals surface area (Å²) in [6.45, 7) is 26.4. The highest BCUT2D eigenvalue weighted by molar-refractivity contribution is 6.03. The Bertz CT molecular complexity index is 1930. The largest absolute Gasteiger partial charge is 0.497 e. The number of nitrogens with one attached hydrogen (secondary N) is 2. The van der Waals surface area contributed by atoms with Crippen molar-refractivity contribution in [2.45, 2.75) is 179 Å². The zero-order valence-electron chi connectivity index (χ0n) is 52.6. The zero-order chi connectivity index (χ0) is 63.4. The summed E-state index contributed by atoms with van der Waals surface area (Å²) in [5, 5.41) is 25.6. The van der Waals surface area contributed by atoms with Gasteiger partial charge in [-0.1, -0.05) is 107 Å². The number of hydrogen-bond acceptors (Lipinski definition) is 16. The zero-order valence-corrected chi connectivity index (χ0v) is 52.6. The summed E-state index contributed by atoms with van der Waals surface area (Å²) < 4.78 is 15.2. The highest BCUT2D eigenvalue weighted by Gasteiger charge is 2.38. The van der Waals surface area contributed by atoms with Gasteiger partial charge in [0.15, 0.2) is 18.2 Å². The number of amides is 6. The van der Waals surface area contributed by atoms with Crippen LogP contribution in [0.2, 0.25) is 0 Å². The molecule has 6 atom stereocenters. The fraction of sp³-hybridized carbons (Fsp3) is 0.729. The lowest BCUT2D eigenvalue weighted by molar-refractivity contribution is -0.153. The molecule has 5 unspecified atom stereocenters. The van der Waals surface area contributed by atoms with Crippen molar-refractivity contribution in [1.29, 1.82) is 0 Å². The van der Waals surface area contributed by atoms with Gasteiger partial charge in [-0.15, -0.1) is 0 Å². The van der Waals surface area contributed by atoms with Crippen molar-refractivity contribution >= 4 is 59.5 Å². The number of aryl methyl sites for hydroxylation is 1. The number of ether oxygens (including phenoxy) is 3. The molecule has 1 aromatic rings. The number of carbonyl (C=O) groups excluding carboxylic acids is 10.